The molecule has 134 valence electrons. The first-order chi connectivity index (χ1) is 13.0. The van der Waals surface area contributed by atoms with Gasteiger partial charge in [-0.15, -0.1) is 5.84 Å². The lowest BCUT2D eigenvalue weighted by molar-refractivity contribution is -0.803. The van der Waals surface area contributed by atoms with E-state index in [0.29, 0.717) is 28.9 Å². The van der Waals surface area contributed by atoms with Gasteiger partial charge in [0.05, 0.1) is 11.3 Å². The zero-order valence-corrected chi connectivity index (χ0v) is 14.5. The summed E-state index contributed by atoms with van der Waals surface area (Å²) >= 11 is 5.70. The van der Waals surface area contributed by atoms with Gasteiger partial charge in [-0.2, -0.15) is 4.99 Å². The second kappa shape index (κ2) is 6.81. The molecular weight excluding hydrogens is 373 g/mol. The van der Waals surface area contributed by atoms with E-state index >= 15 is 0 Å². The van der Waals surface area contributed by atoms with Crippen LogP contribution in [0.3, 0.4) is 0 Å². The van der Waals surface area contributed by atoms with Crippen LogP contribution in [0.25, 0.3) is 0 Å². The van der Waals surface area contributed by atoms with Crippen molar-refractivity contribution in [2.75, 3.05) is 6.61 Å². The molecule has 9 heteroatoms. The van der Waals surface area contributed by atoms with Crippen molar-refractivity contribution in [3.05, 3.63) is 65.1 Å². The lowest BCUT2D eigenvalue weighted by atomic mass is 10.3. The van der Waals surface area contributed by atoms with Crippen LogP contribution in [0.2, 0.25) is 5.02 Å². The van der Waals surface area contributed by atoms with Crippen LogP contribution in [-0.4, -0.2) is 29.2 Å². The zero-order chi connectivity index (χ0) is 18.9. The number of allylic oxidation sites excluding steroid dienone is 1. The van der Waals surface area contributed by atoms with Gasteiger partial charge in [0.1, 0.15) is 24.4 Å². The normalized spacial score (nSPS) is 20.2. The SMILES string of the molecule is N[N+]12C=C(C#CCOc3ccc(F)c(Cl)c3)N=CC1=NC(c1ccco1)=N2. The zero-order valence-electron chi connectivity index (χ0n) is 13.8. The Morgan fingerprint density at radius 1 is 1.33 bits per heavy atom. The molecule has 7 nitrogen and oxygen atoms in total. The first-order valence-electron chi connectivity index (χ1n) is 7.78. The number of amidine groups is 2. The monoisotopic (exact) mass is 384 g/mol. The van der Waals surface area contributed by atoms with Crippen LogP contribution in [0, 0.1) is 17.7 Å². The van der Waals surface area contributed by atoms with Gasteiger partial charge in [0, 0.05) is 6.07 Å². The Balaban J connectivity index is 1.46. The van der Waals surface area contributed by atoms with Crippen molar-refractivity contribution in [1.82, 2.24) is 0 Å². The second-order valence-electron chi connectivity index (χ2n) is 5.55. The van der Waals surface area contributed by atoms with Crippen LogP contribution in [0.4, 0.5) is 4.39 Å². The average Bonchev–Trinajstić information content (AvgIpc) is 3.28. The number of rotatable bonds is 3. The predicted molar refractivity (Wildman–Crippen MR) is 98.4 cm³/mol. The first-order valence-corrected chi connectivity index (χ1v) is 8.16. The predicted octanol–water partition coefficient (Wildman–Crippen LogP) is 2.84. The lowest BCUT2D eigenvalue weighted by Gasteiger charge is -2.17. The maximum Gasteiger partial charge on any atom is 0.300 e. The molecule has 1 aromatic heterocycles. The standard InChI is InChI=1S/C18H12ClFN5O2/c19-14-9-13(5-6-15(14)20)26-7-1-3-12-11-25(21)17(10-22-12)23-18(24-25)16-4-2-8-27-16/h2,4-6,8-11H,7,21H2/q+1. The minimum atomic E-state index is -0.508. The Labute approximate surface area is 158 Å². The van der Waals surface area contributed by atoms with Crippen molar-refractivity contribution in [2.45, 2.75) is 0 Å². The summed E-state index contributed by atoms with van der Waals surface area (Å²) in [4.78, 5) is 8.53. The molecule has 2 aliphatic rings. The number of ether oxygens (including phenoxy) is 1. The average molecular weight is 385 g/mol. The number of aliphatic imine (C=N–C) groups is 2. The van der Waals surface area contributed by atoms with Crippen LogP contribution < -0.4 is 10.6 Å². The van der Waals surface area contributed by atoms with Gasteiger partial charge in [-0.25, -0.2) is 9.38 Å². The minimum absolute atomic E-state index is 0.0132. The van der Waals surface area contributed by atoms with Crippen molar-refractivity contribution in [3.63, 3.8) is 0 Å². The largest absolute Gasteiger partial charge is 0.481 e. The van der Waals surface area contributed by atoms with Gasteiger partial charge < -0.3 is 9.15 Å². The van der Waals surface area contributed by atoms with E-state index in [1.165, 1.54) is 30.7 Å². The highest BCUT2D eigenvalue weighted by molar-refractivity contribution is 6.31. The van der Waals surface area contributed by atoms with Crippen LogP contribution in [0.5, 0.6) is 5.75 Å². The molecular formula is C18H12ClFN5O2+. The van der Waals surface area contributed by atoms with Gasteiger partial charge >= 0.3 is 0 Å². The quantitative estimate of drug-likeness (QED) is 0.501. The van der Waals surface area contributed by atoms with E-state index in [-0.39, 0.29) is 11.6 Å². The molecule has 0 saturated heterocycles. The molecule has 0 radical (unpaired) electrons. The van der Waals surface area contributed by atoms with Crippen LogP contribution >= 0.6 is 11.6 Å². The molecule has 0 aliphatic carbocycles. The second-order valence-corrected chi connectivity index (χ2v) is 5.96. The molecule has 1 unspecified atom stereocenters. The summed E-state index contributed by atoms with van der Waals surface area (Å²) in [7, 11) is 0. The minimum Gasteiger partial charge on any atom is -0.481 e. The van der Waals surface area contributed by atoms with E-state index in [4.69, 9.17) is 26.6 Å². The van der Waals surface area contributed by atoms with Crippen LogP contribution in [0.15, 0.2) is 68.0 Å². The van der Waals surface area contributed by atoms with Gasteiger partial charge in [-0.05, 0) is 40.0 Å². The number of hydrogen-bond donors (Lipinski definition) is 1. The third-order valence-corrected chi connectivity index (χ3v) is 3.94. The Morgan fingerprint density at radius 3 is 3.00 bits per heavy atom. The third-order valence-electron chi connectivity index (χ3n) is 3.65. The molecule has 1 atom stereocenters. The summed E-state index contributed by atoms with van der Waals surface area (Å²) in [6.45, 7) is 0.0707. The molecule has 0 saturated carbocycles. The number of halogens is 2. The molecule has 4 rings (SSSR count). The Bertz CT molecular complexity index is 1080. The Morgan fingerprint density at radius 2 is 2.22 bits per heavy atom. The molecule has 27 heavy (non-hydrogen) atoms. The van der Waals surface area contributed by atoms with Crippen molar-refractivity contribution < 1.29 is 18.2 Å². The van der Waals surface area contributed by atoms with Crippen molar-refractivity contribution in [2.24, 2.45) is 20.9 Å². The molecule has 0 amide bonds. The van der Waals surface area contributed by atoms with E-state index in [9.17, 15) is 4.39 Å². The topological polar surface area (TPSA) is 85.5 Å². The van der Waals surface area contributed by atoms with Gasteiger partial charge in [0.25, 0.3) is 11.7 Å². The van der Waals surface area contributed by atoms with Crippen molar-refractivity contribution in [3.8, 4) is 17.6 Å². The van der Waals surface area contributed by atoms with E-state index in [0.717, 1.165) is 0 Å². The fourth-order valence-electron chi connectivity index (χ4n) is 2.37. The smallest absolute Gasteiger partial charge is 0.300 e. The molecule has 0 bridgehead atoms. The van der Waals surface area contributed by atoms with E-state index in [1.807, 2.05) is 0 Å². The highest BCUT2D eigenvalue weighted by Crippen LogP contribution is 2.22. The molecule has 0 fully saturated rings. The summed E-state index contributed by atoms with van der Waals surface area (Å²) in [6, 6.07) is 7.57. The van der Waals surface area contributed by atoms with Gasteiger partial charge in [-0.1, -0.05) is 17.5 Å². The number of nitrogens with zero attached hydrogens (tertiary/aromatic N) is 4. The highest BCUT2D eigenvalue weighted by Gasteiger charge is 2.39. The summed E-state index contributed by atoms with van der Waals surface area (Å²) in [5, 5.41) is 4.33. The summed E-state index contributed by atoms with van der Waals surface area (Å²) in [6.07, 6.45) is 4.60. The number of benzene rings is 1. The number of nitrogens with two attached hydrogens (primary N) is 1. The van der Waals surface area contributed by atoms with E-state index in [2.05, 4.69) is 26.9 Å². The van der Waals surface area contributed by atoms with Crippen molar-refractivity contribution >= 4 is 29.5 Å². The number of quaternary nitrogens is 1. The number of fused-ring (bicyclic) bond motifs is 1. The van der Waals surface area contributed by atoms with Gasteiger partial charge in [0.2, 0.25) is 0 Å². The fourth-order valence-corrected chi connectivity index (χ4v) is 2.54. The van der Waals surface area contributed by atoms with E-state index in [1.54, 1.807) is 18.3 Å². The van der Waals surface area contributed by atoms with Gasteiger partial charge in [-0.3, -0.25) is 0 Å². The first kappa shape index (κ1) is 17.2. The number of hydrogen-bond acceptors (Lipinski definition) is 6. The lowest BCUT2D eigenvalue weighted by Crippen LogP contribution is -2.50. The summed E-state index contributed by atoms with van der Waals surface area (Å²) in [5.74, 6) is 13.1. The maximum atomic E-state index is 13.1. The van der Waals surface area contributed by atoms with Gasteiger partial charge in [0.15, 0.2) is 17.7 Å². The molecule has 2 aromatic rings. The molecule has 2 aliphatic heterocycles. The fraction of sp³-hybridized carbons (Fsp3) is 0.0556. The summed E-state index contributed by atoms with van der Waals surface area (Å²) in [5.41, 5.74) is 0.418. The molecule has 2 N–H and O–H groups in total. The molecule has 0 spiro atoms. The Kier molecular flexibility index (Phi) is 4.33. The van der Waals surface area contributed by atoms with Crippen LogP contribution in [-0.2, 0) is 0 Å². The summed E-state index contributed by atoms with van der Waals surface area (Å²) < 4.78 is 23.4. The maximum absolute atomic E-state index is 13.1. The molecule has 3 heterocycles. The van der Waals surface area contributed by atoms with Crippen LogP contribution in [0.1, 0.15) is 5.76 Å². The molecule has 1 aromatic carbocycles. The third kappa shape index (κ3) is 3.52. The van der Waals surface area contributed by atoms with E-state index < -0.39 is 10.5 Å². The highest BCUT2D eigenvalue weighted by atomic mass is 35.5. The number of furan rings is 1. The Hall–Kier alpha value is -3.25. The van der Waals surface area contributed by atoms with Crippen molar-refractivity contribution in [1.29, 1.82) is 0 Å².